The minimum Gasteiger partial charge on any atom is -0.366 e. The third kappa shape index (κ3) is 11.2. The van der Waals surface area contributed by atoms with Crippen LogP contribution in [0.4, 0.5) is 13.2 Å². The van der Waals surface area contributed by atoms with Gasteiger partial charge in [-0.2, -0.15) is 21.6 Å². The van der Waals surface area contributed by atoms with Gasteiger partial charge in [0.25, 0.3) is 0 Å². The van der Waals surface area contributed by atoms with Crippen molar-refractivity contribution in [1.29, 1.82) is 0 Å². The molecule has 32 heavy (non-hydrogen) atoms. The van der Waals surface area contributed by atoms with Crippen molar-refractivity contribution in [3.8, 4) is 0 Å². The first kappa shape index (κ1) is 29.1. The van der Waals surface area contributed by atoms with E-state index in [1.165, 1.54) is 51.5 Å². The number of aliphatic hydroxyl groups is 2. The molecule has 0 radical (unpaired) electrons. The van der Waals surface area contributed by atoms with Crippen molar-refractivity contribution in [1.82, 2.24) is 4.98 Å². The van der Waals surface area contributed by atoms with Gasteiger partial charge in [0.1, 0.15) is 5.15 Å². The van der Waals surface area contributed by atoms with Crippen LogP contribution in [0.15, 0.2) is 28.7 Å². The Morgan fingerprint density at radius 3 is 2.12 bits per heavy atom. The number of pyridine rings is 1. The minimum atomic E-state index is -5.84. The molecule has 2 aromatic rings. The summed E-state index contributed by atoms with van der Waals surface area (Å²) in [6.07, 6.45) is 8.17. The van der Waals surface area contributed by atoms with Gasteiger partial charge in [-0.3, -0.25) is 4.55 Å². The molecule has 0 aliphatic heterocycles. The van der Waals surface area contributed by atoms with Gasteiger partial charge in [0.05, 0.1) is 9.99 Å². The Labute approximate surface area is 198 Å². The predicted molar refractivity (Wildman–Crippen MR) is 121 cm³/mol. The highest BCUT2D eigenvalue weighted by molar-refractivity contribution is 9.10. The van der Waals surface area contributed by atoms with Crippen molar-refractivity contribution >= 4 is 48.6 Å². The van der Waals surface area contributed by atoms with Crippen LogP contribution in [0.1, 0.15) is 51.5 Å². The molecular formula is C20H26BrClF3NO5S. The van der Waals surface area contributed by atoms with E-state index in [0.717, 1.165) is 27.7 Å². The summed E-state index contributed by atoms with van der Waals surface area (Å²) in [6.45, 7) is 2.60. The number of benzene rings is 1. The van der Waals surface area contributed by atoms with Crippen molar-refractivity contribution in [2.24, 2.45) is 5.92 Å². The first-order chi connectivity index (χ1) is 14.5. The van der Waals surface area contributed by atoms with Crippen LogP contribution in [-0.2, 0) is 16.5 Å². The van der Waals surface area contributed by atoms with Gasteiger partial charge in [-0.15, -0.1) is 0 Å². The average molecular weight is 565 g/mol. The van der Waals surface area contributed by atoms with Crippen molar-refractivity contribution in [3.63, 3.8) is 0 Å². The van der Waals surface area contributed by atoms with Crippen LogP contribution >= 0.6 is 27.5 Å². The van der Waals surface area contributed by atoms with E-state index in [0.29, 0.717) is 5.15 Å². The van der Waals surface area contributed by atoms with Gasteiger partial charge < -0.3 is 10.2 Å². The molecule has 0 amide bonds. The van der Waals surface area contributed by atoms with Crippen LogP contribution in [-0.4, -0.2) is 39.5 Å². The molecule has 12 heteroatoms. The van der Waals surface area contributed by atoms with Crippen LogP contribution in [0.25, 0.3) is 10.9 Å². The van der Waals surface area contributed by atoms with Gasteiger partial charge in [-0.1, -0.05) is 49.4 Å². The molecule has 3 N–H and O–H groups in total. The van der Waals surface area contributed by atoms with E-state index in [1.54, 1.807) is 0 Å². The first-order valence-electron chi connectivity index (χ1n) is 9.70. The summed E-state index contributed by atoms with van der Waals surface area (Å²) in [7, 11) is -5.84. The molecular weight excluding hydrogens is 539 g/mol. The molecule has 1 fully saturated rings. The van der Waals surface area contributed by atoms with Gasteiger partial charge >= 0.3 is 15.6 Å². The highest BCUT2D eigenvalue weighted by Crippen LogP contribution is 2.30. The largest absolute Gasteiger partial charge is 0.522 e. The molecule has 0 bridgehead atoms. The van der Waals surface area contributed by atoms with E-state index in [-0.39, 0.29) is 0 Å². The SMILES string of the molecule is CC(C)(O)O.Clc1nc2cc(CCC3CCCC3)ccc2cc1Br.O=S(=O)(O)C(F)(F)F. The molecule has 3 rings (SSSR count). The lowest BCUT2D eigenvalue weighted by Crippen LogP contribution is -2.21. The summed E-state index contributed by atoms with van der Waals surface area (Å²) in [5.41, 5.74) is -3.16. The number of aryl methyl sites for hydroxylation is 1. The van der Waals surface area contributed by atoms with Crippen LogP contribution in [0.3, 0.4) is 0 Å². The Balaban J connectivity index is 0.000000329. The molecule has 0 atom stereocenters. The topological polar surface area (TPSA) is 108 Å². The molecule has 6 nitrogen and oxygen atoms in total. The molecule has 182 valence electrons. The molecule has 1 aliphatic rings. The molecule has 1 heterocycles. The fourth-order valence-electron chi connectivity index (χ4n) is 2.99. The number of aromatic nitrogens is 1. The van der Waals surface area contributed by atoms with Crippen LogP contribution in [0.5, 0.6) is 0 Å². The molecule has 0 spiro atoms. The highest BCUT2D eigenvalue weighted by atomic mass is 79.9. The maximum atomic E-state index is 10.7. The Hall–Kier alpha value is -0.980. The Bertz CT molecular complexity index is 985. The lowest BCUT2D eigenvalue weighted by molar-refractivity contribution is -0.127. The number of hydrogen-bond donors (Lipinski definition) is 3. The van der Waals surface area contributed by atoms with Crippen molar-refractivity contribution < 1.29 is 36.4 Å². The normalized spacial score (nSPS) is 15.1. The summed E-state index contributed by atoms with van der Waals surface area (Å²) in [5.74, 6) is -0.558. The molecule has 1 aromatic heterocycles. The zero-order chi connectivity index (χ0) is 24.7. The van der Waals surface area contributed by atoms with Crippen LogP contribution in [0.2, 0.25) is 5.15 Å². The van der Waals surface area contributed by atoms with E-state index in [1.807, 2.05) is 6.07 Å². The van der Waals surface area contributed by atoms with E-state index in [9.17, 15) is 13.2 Å². The smallest absolute Gasteiger partial charge is 0.366 e. The molecule has 0 saturated heterocycles. The third-order valence-corrected chi connectivity index (χ3v) is 6.11. The first-order valence-corrected chi connectivity index (χ1v) is 12.3. The van der Waals surface area contributed by atoms with Gasteiger partial charge in [0.15, 0.2) is 5.79 Å². The summed E-state index contributed by atoms with van der Waals surface area (Å²) < 4.78 is 58.4. The minimum absolute atomic E-state index is 0.542. The summed E-state index contributed by atoms with van der Waals surface area (Å²) in [6, 6.07) is 8.58. The summed E-state index contributed by atoms with van der Waals surface area (Å²) in [5, 5.41) is 17.8. The Morgan fingerprint density at radius 1 is 1.16 bits per heavy atom. The highest BCUT2D eigenvalue weighted by Gasteiger charge is 2.44. The van der Waals surface area contributed by atoms with Gasteiger partial charge in [0, 0.05) is 5.39 Å². The lowest BCUT2D eigenvalue weighted by atomic mass is 9.98. The summed E-state index contributed by atoms with van der Waals surface area (Å²) in [4.78, 5) is 4.43. The fraction of sp³-hybridized carbons (Fsp3) is 0.550. The van der Waals surface area contributed by atoms with Crippen molar-refractivity contribution in [2.45, 2.75) is 63.7 Å². The van der Waals surface area contributed by atoms with E-state index >= 15 is 0 Å². The van der Waals surface area contributed by atoms with E-state index in [4.69, 9.17) is 34.8 Å². The monoisotopic (exact) mass is 563 g/mol. The predicted octanol–water partition coefficient (Wildman–Crippen LogP) is 5.87. The van der Waals surface area contributed by atoms with Gasteiger partial charge in [0.2, 0.25) is 0 Å². The lowest BCUT2D eigenvalue weighted by Gasteiger charge is -2.09. The average Bonchev–Trinajstić information content (AvgIpc) is 3.12. The Kier molecular flexibility index (Phi) is 10.8. The number of rotatable bonds is 3. The molecule has 1 aliphatic carbocycles. The fourth-order valence-corrected chi connectivity index (χ4v) is 3.47. The number of fused-ring (bicyclic) bond motifs is 1. The standard InChI is InChI=1S/C16H17BrClN.C3H8O2.CHF3O3S/c17-14-10-13-8-7-12(9-15(13)19-16(14)18)6-5-11-3-1-2-4-11;1-3(2,4)5;2-1(3,4)8(5,6)7/h7-11H,1-6H2;4-5H,1-2H3;(H,5,6,7). The zero-order valence-electron chi connectivity index (χ0n) is 17.5. The number of alkyl halides is 3. The molecule has 1 saturated carbocycles. The number of halogens is 5. The zero-order valence-corrected chi connectivity index (χ0v) is 20.7. The van der Waals surface area contributed by atoms with Crippen LogP contribution in [0, 0.1) is 5.92 Å². The van der Waals surface area contributed by atoms with E-state index < -0.39 is 21.4 Å². The quantitative estimate of drug-likeness (QED) is 0.186. The number of hydrogen-bond acceptors (Lipinski definition) is 5. The second kappa shape index (κ2) is 11.9. The molecule has 1 aromatic carbocycles. The van der Waals surface area contributed by atoms with Crippen molar-refractivity contribution in [2.75, 3.05) is 0 Å². The molecule has 0 unspecified atom stereocenters. The van der Waals surface area contributed by atoms with Crippen LogP contribution < -0.4 is 0 Å². The Morgan fingerprint density at radius 2 is 1.66 bits per heavy atom. The van der Waals surface area contributed by atoms with Gasteiger partial charge in [-0.05, 0) is 66.2 Å². The van der Waals surface area contributed by atoms with E-state index in [2.05, 4.69) is 39.1 Å². The summed E-state index contributed by atoms with van der Waals surface area (Å²) >= 11 is 9.48. The second-order valence-electron chi connectivity index (χ2n) is 7.89. The number of nitrogens with zero attached hydrogens (tertiary/aromatic N) is 1. The maximum absolute atomic E-state index is 10.7. The second-order valence-corrected chi connectivity index (χ2v) is 10.5. The van der Waals surface area contributed by atoms with Crippen molar-refractivity contribution in [3.05, 3.63) is 39.5 Å². The maximum Gasteiger partial charge on any atom is 0.522 e. The third-order valence-electron chi connectivity index (χ3n) is 4.40. The van der Waals surface area contributed by atoms with Gasteiger partial charge in [-0.25, -0.2) is 4.98 Å².